The van der Waals surface area contributed by atoms with Gasteiger partial charge in [0.1, 0.15) is 5.76 Å². The largest absolute Gasteiger partial charge is 0.494 e. The number of nitrogens with zero attached hydrogens (tertiary/aromatic N) is 1. The highest BCUT2D eigenvalue weighted by molar-refractivity contribution is 7.90. The van der Waals surface area contributed by atoms with Crippen LogP contribution in [-0.4, -0.2) is 26.3 Å². The zero-order valence-corrected chi connectivity index (χ0v) is 9.54. The summed E-state index contributed by atoms with van der Waals surface area (Å²) in [6.07, 6.45) is 2.56. The molecule has 1 heterocycles. The summed E-state index contributed by atoms with van der Waals surface area (Å²) < 4.78 is 27.4. The normalized spacial score (nSPS) is 11.1. The van der Waals surface area contributed by atoms with E-state index in [1.807, 2.05) is 6.92 Å². The summed E-state index contributed by atoms with van der Waals surface area (Å²) in [7, 11) is -3.24. The van der Waals surface area contributed by atoms with Gasteiger partial charge in [-0.1, -0.05) is 6.58 Å². The summed E-state index contributed by atoms with van der Waals surface area (Å²) in [5.41, 5.74) is 0.684. The molecule has 0 aromatic carbocycles. The average molecular weight is 227 g/mol. The minimum atomic E-state index is -3.24. The highest BCUT2D eigenvalue weighted by Crippen LogP contribution is 2.14. The monoisotopic (exact) mass is 227 g/mol. The molecule has 0 unspecified atom stereocenters. The molecule has 0 aliphatic rings. The van der Waals surface area contributed by atoms with Crippen LogP contribution in [-0.2, 0) is 14.6 Å². The number of hydrogen-bond donors (Lipinski definition) is 0. The van der Waals surface area contributed by atoms with E-state index in [0.717, 1.165) is 6.26 Å². The maximum Gasteiger partial charge on any atom is 0.192 e. The molecule has 0 bridgehead atoms. The Labute approximate surface area is 89.5 Å². The van der Waals surface area contributed by atoms with E-state index in [1.165, 1.54) is 12.3 Å². The summed E-state index contributed by atoms with van der Waals surface area (Å²) in [5, 5.41) is 0.0514. The lowest BCUT2D eigenvalue weighted by Crippen LogP contribution is -2.01. The summed E-state index contributed by atoms with van der Waals surface area (Å²) >= 11 is 0. The molecular weight excluding hydrogens is 214 g/mol. The molecule has 4 nitrogen and oxygen atoms in total. The van der Waals surface area contributed by atoms with Gasteiger partial charge in [0.05, 0.1) is 6.61 Å². The van der Waals surface area contributed by atoms with E-state index < -0.39 is 9.84 Å². The number of ether oxygens (including phenoxy) is 1. The summed E-state index contributed by atoms with van der Waals surface area (Å²) in [4.78, 5) is 3.82. The second-order valence-electron chi connectivity index (χ2n) is 3.01. The fourth-order valence-electron chi connectivity index (χ4n) is 1.02. The van der Waals surface area contributed by atoms with E-state index in [0.29, 0.717) is 17.9 Å². The lowest BCUT2D eigenvalue weighted by molar-refractivity contribution is 0.299. The van der Waals surface area contributed by atoms with Crippen LogP contribution >= 0.6 is 0 Å². The third kappa shape index (κ3) is 3.06. The standard InChI is InChI=1S/C10H13NO3S/c1-4-14-8(2)9-5-6-10(11-7-9)15(3,12)13/h5-7H,2,4H2,1,3H3. The van der Waals surface area contributed by atoms with E-state index in [9.17, 15) is 8.42 Å². The van der Waals surface area contributed by atoms with Crippen LogP contribution in [0.2, 0.25) is 0 Å². The van der Waals surface area contributed by atoms with Crippen molar-refractivity contribution >= 4 is 15.6 Å². The van der Waals surface area contributed by atoms with Crippen LogP contribution in [0.4, 0.5) is 0 Å². The van der Waals surface area contributed by atoms with Crippen LogP contribution in [0.1, 0.15) is 12.5 Å². The Hall–Kier alpha value is -1.36. The van der Waals surface area contributed by atoms with Crippen LogP contribution in [0.25, 0.3) is 5.76 Å². The van der Waals surface area contributed by atoms with Crippen LogP contribution in [0.5, 0.6) is 0 Å². The summed E-state index contributed by atoms with van der Waals surface area (Å²) in [6, 6.07) is 3.07. The lowest BCUT2D eigenvalue weighted by atomic mass is 10.2. The van der Waals surface area contributed by atoms with Crippen LogP contribution in [0.15, 0.2) is 29.9 Å². The highest BCUT2D eigenvalue weighted by atomic mass is 32.2. The van der Waals surface area contributed by atoms with Crippen molar-refractivity contribution in [3.63, 3.8) is 0 Å². The number of hydrogen-bond acceptors (Lipinski definition) is 4. The Kier molecular flexibility index (Phi) is 3.47. The molecule has 1 rings (SSSR count). The van der Waals surface area contributed by atoms with Gasteiger partial charge in [-0.2, -0.15) is 0 Å². The van der Waals surface area contributed by atoms with E-state index in [-0.39, 0.29) is 5.03 Å². The van der Waals surface area contributed by atoms with Crippen molar-refractivity contribution in [3.8, 4) is 0 Å². The molecule has 1 aromatic heterocycles. The van der Waals surface area contributed by atoms with Gasteiger partial charge in [0, 0.05) is 18.0 Å². The topological polar surface area (TPSA) is 56.3 Å². The van der Waals surface area contributed by atoms with Crippen molar-refractivity contribution in [1.82, 2.24) is 4.98 Å². The second-order valence-corrected chi connectivity index (χ2v) is 4.98. The summed E-state index contributed by atoms with van der Waals surface area (Å²) in [6.45, 7) is 6.07. The smallest absolute Gasteiger partial charge is 0.192 e. The van der Waals surface area contributed by atoms with Crippen molar-refractivity contribution in [2.45, 2.75) is 11.9 Å². The van der Waals surface area contributed by atoms with E-state index in [1.54, 1.807) is 6.07 Å². The predicted molar refractivity (Wildman–Crippen MR) is 58.0 cm³/mol. The maximum absolute atomic E-state index is 11.1. The van der Waals surface area contributed by atoms with Crippen LogP contribution in [0.3, 0.4) is 0 Å². The van der Waals surface area contributed by atoms with Crippen molar-refractivity contribution in [2.24, 2.45) is 0 Å². The van der Waals surface area contributed by atoms with Gasteiger partial charge in [-0.3, -0.25) is 0 Å². The first kappa shape index (κ1) is 11.7. The molecule has 0 atom stereocenters. The fourth-order valence-corrected chi connectivity index (χ4v) is 1.58. The molecule has 15 heavy (non-hydrogen) atoms. The minimum Gasteiger partial charge on any atom is -0.494 e. The van der Waals surface area contributed by atoms with Gasteiger partial charge >= 0.3 is 0 Å². The molecule has 1 aromatic rings. The molecule has 0 spiro atoms. The van der Waals surface area contributed by atoms with Gasteiger partial charge in [0.25, 0.3) is 0 Å². The maximum atomic E-state index is 11.1. The van der Waals surface area contributed by atoms with Gasteiger partial charge in [0.2, 0.25) is 0 Å². The number of sulfone groups is 1. The minimum absolute atomic E-state index is 0.0514. The fraction of sp³-hybridized carbons (Fsp3) is 0.300. The van der Waals surface area contributed by atoms with E-state index >= 15 is 0 Å². The van der Waals surface area contributed by atoms with Gasteiger partial charge in [0.15, 0.2) is 14.9 Å². The first-order chi connectivity index (χ1) is 6.95. The second kappa shape index (κ2) is 4.44. The Morgan fingerprint density at radius 3 is 2.60 bits per heavy atom. The molecule has 0 saturated heterocycles. The van der Waals surface area contributed by atoms with E-state index in [4.69, 9.17) is 4.74 Å². The number of rotatable bonds is 4. The zero-order chi connectivity index (χ0) is 11.5. The average Bonchev–Trinajstić information content (AvgIpc) is 2.17. The van der Waals surface area contributed by atoms with Crippen LogP contribution < -0.4 is 0 Å². The Bertz CT molecular complexity index is 448. The molecule has 0 aliphatic heterocycles. The Morgan fingerprint density at radius 2 is 2.20 bits per heavy atom. The SMILES string of the molecule is C=C(OCC)c1ccc(S(C)(=O)=O)nc1. The van der Waals surface area contributed by atoms with E-state index in [2.05, 4.69) is 11.6 Å². The van der Waals surface area contributed by atoms with Gasteiger partial charge in [-0.15, -0.1) is 0 Å². The van der Waals surface area contributed by atoms with Crippen molar-refractivity contribution in [3.05, 3.63) is 30.5 Å². The number of aromatic nitrogens is 1. The first-order valence-corrected chi connectivity index (χ1v) is 6.32. The molecule has 0 saturated carbocycles. The van der Waals surface area contributed by atoms with Crippen molar-refractivity contribution in [2.75, 3.05) is 12.9 Å². The first-order valence-electron chi connectivity index (χ1n) is 4.43. The number of pyridine rings is 1. The highest BCUT2D eigenvalue weighted by Gasteiger charge is 2.08. The third-order valence-corrected chi connectivity index (χ3v) is 2.76. The van der Waals surface area contributed by atoms with Crippen LogP contribution in [0, 0.1) is 0 Å². The van der Waals surface area contributed by atoms with Gasteiger partial charge in [-0.25, -0.2) is 13.4 Å². The molecule has 0 aliphatic carbocycles. The predicted octanol–water partition coefficient (Wildman–Crippen LogP) is 1.49. The van der Waals surface area contributed by atoms with Gasteiger partial charge < -0.3 is 4.74 Å². The molecule has 5 heteroatoms. The lowest BCUT2D eigenvalue weighted by Gasteiger charge is -2.06. The third-order valence-electron chi connectivity index (χ3n) is 1.76. The molecule has 0 fully saturated rings. The van der Waals surface area contributed by atoms with Crippen molar-refractivity contribution < 1.29 is 13.2 Å². The van der Waals surface area contributed by atoms with Crippen molar-refractivity contribution in [1.29, 1.82) is 0 Å². The Morgan fingerprint density at radius 1 is 1.53 bits per heavy atom. The zero-order valence-electron chi connectivity index (χ0n) is 8.73. The molecule has 0 N–H and O–H groups in total. The quantitative estimate of drug-likeness (QED) is 0.731. The summed E-state index contributed by atoms with van der Waals surface area (Å²) in [5.74, 6) is 0.491. The molecule has 82 valence electrons. The van der Waals surface area contributed by atoms with Gasteiger partial charge in [-0.05, 0) is 19.1 Å². The molecule has 0 radical (unpaired) electrons. The molecular formula is C10H13NO3S. The Balaban J connectivity index is 2.96. The molecule has 0 amide bonds.